The Hall–Kier alpha value is -2.56. The van der Waals surface area contributed by atoms with E-state index in [4.69, 9.17) is 0 Å². The van der Waals surface area contributed by atoms with Crippen molar-refractivity contribution in [1.82, 2.24) is 19.4 Å². The van der Waals surface area contributed by atoms with Gasteiger partial charge in [0.05, 0.1) is 18.1 Å². The number of nitrogens with zero attached hydrogens (tertiary/aromatic N) is 3. The molecule has 0 aliphatic carbocycles. The number of H-pyrrole nitrogens is 1. The molecule has 0 saturated carbocycles. The first-order valence-corrected chi connectivity index (χ1v) is 9.34. The van der Waals surface area contributed by atoms with E-state index in [1.165, 1.54) is 22.2 Å². The molecule has 1 amide bonds. The summed E-state index contributed by atoms with van der Waals surface area (Å²) >= 11 is 0. The summed E-state index contributed by atoms with van der Waals surface area (Å²) in [5.41, 5.74) is 5.79. The van der Waals surface area contributed by atoms with E-state index in [0.717, 1.165) is 24.4 Å². The number of amides is 1. The van der Waals surface area contributed by atoms with Crippen molar-refractivity contribution in [2.45, 2.75) is 46.7 Å². The topological polar surface area (TPSA) is 53.9 Å². The van der Waals surface area contributed by atoms with Gasteiger partial charge in [-0.05, 0) is 37.8 Å². The van der Waals surface area contributed by atoms with Gasteiger partial charge in [-0.1, -0.05) is 32.0 Å². The zero-order valence-corrected chi connectivity index (χ0v) is 15.9. The lowest BCUT2D eigenvalue weighted by Gasteiger charge is -2.38. The van der Waals surface area contributed by atoms with Crippen molar-refractivity contribution in [2.75, 3.05) is 6.54 Å². The molecule has 1 aromatic carbocycles. The molecule has 1 aliphatic rings. The summed E-state index contributed by atoms with van der Waals surface area (Å²) in [7, 11) is 0. The summed E-state index contributed by atoms with van der Waals surface area (Å²) in [5, 5.41) is 1.29. The molecular formula is C21H26N4O. The number of benzene rings is 1. The number of carbonyl (C=O) groups is 1. The van der Waals surface area contributed by atoms with E-state index in [2.05, 4.69) is 53.0 Å². The molecule has 0 fully saturated rings. The molecular weight excluding hydrogens is 324 g/mol. The molecule has 1 aliphatic heterocycles. The van der Waals surface area contributed by atoms with Gasteiger partial charge in [0.15, 0.2) is 0 Å². The summed E-state index contributed by atoms with van der Waals surface area (Å²) in [5.74, 6) is 0.505. The summed E-state index contributed by atoms with van der Waals surface area (Å²) in [6, 6.07) is 8.53. The minimum absolute atomic E-state index is 0.0866. The van der Waals surface area contributed by atoms with Gasteiger partial charge in [0.1, 0.15) is 6.54 Å². The third kappa shape index (κ3) is 2.62. The van der Waals surface area contributed by atoms with E-state index in [1.54, 1.807) is 6.33 Å². The van der Waals surface area contributed by atoms with Crippen LogP contribution in [0.3, 0.4) is 0 Å². The molecule has 5 nitrogen and oxygen atoms in total. The zero-order valence-electron chi connectivity index (χ0n) is 15.9. The summed E-state index contributed by atoms with van der Waals surface area (Å²) in [6.45, 7) is 9.50. The van der Waals surface area contributed by atoms with Crippen molar-refractivity contribution < 1.29 is 4.79 Å². The van der Waals surface area contributed by atoms with Crippen molar-refractivity contribution in [3.8, 4) is 0 Å². The predicted octanol–water partition coefficient (Wildman–Crippen LogP) is 3.76. The minimum atomic E-state index is 0.0866. The molecule has 0 saturated heterocycles. The molecule has 0 radical (unpaired) electrons. The maximum atomic E-state index is 13.1. The van der Waals surface area contributed by atoms with Crippen LogP contribution in [-0.4, -0.2) is 31.9 Å². The molecule has 26 heavy (non-hydrogen) atoms. The van der Waals surface area contributed by atoms with Gasteiger partial charge in [-0.25, -0.2) is 4.98 Å². The fraction of sp³-hybridized carbons (Fsp3) is 0.429. The Bertz CT molecular complexity index is 966. The number of hydrogen-bond acceptors (Lipinski definition) is 2. The van der Waals surface area contributed by atoms with Crippen molar-refractivity contribution in [3.63, 3.8) is 0 Å². The van der Waals surface area contributed by atoms with Gasteiger partial charge in [0, 0.05) is 28.8 Å². The van der Waals surface area contributed by atoms with E-state index >= 15 is 0 Å². The van der Waals surface area contributed by atoms with Crippen LogP contribution in [0.1, 0.15) is 42.5 Å². The molecule has 136 valence electrons. The number of aromatic amines is 1. The SMILES string of the molecule is Cc1ncn(CC(=O)N2CCc3c([nH]c4ccccc34)[C@H]2C(C)C)c1C. The molecule has 3 heterocycles. The summed E-state index contributed by atoms with van der Waals surface area (Å²) in [4.78, 5) is 23.1. The first-order valence-electron chi connectivity index (χ1n) is 9.34. The molecule has 1 N–H and O–H groups in total. The number of hydrogen-bond donors (Lipinski definition) is 1. The van der Waals surface area contributed by atoms with Crippen LogP contribution >= 0.6 is 0 Å². The first-order chi connectivity index (χ1) is 12.5. The van der Waals surface area contributed by atoms with Crippen LogP contribution in [0.15, 0.2) is 30.6 Å². The molecule has 0 bridgehead atoms. The Morgan fingerprint density at radius 2 is 2.08 bits per heavy atom. The van der Waals surface area contributed by atoms with Gasteiger partial charge in [-0.15, -0.1) is 0 Å². The van der Waals surface area contributed by atoms with Crippen LogP contribution in [0.25, 0.3) is 10.9 Å². The van der Waals surface area contributed by atoms with Crippen LogP contribution in [0.2, 0.25) is 0 Å². The molecule has 2 aromatic heterocycles. The van der Waals surface area contributed by atoms with Crippen LogP contribution in [0.4, 0.5) is 0 Å². The Morgan fingerprint density at radius 1 is 1.31 bits per heavy atom. The number of para-hydroxylation sites is 1. The molecule has 0 unspecified atom stereocenters. The van der Waals surface area contributed by atoms with Crippen molar-refractivity contribution in [3.05, 3.63) is 53.2 Å². The summed E-state index contributed by atoms with van der Waals surface area (Å²) in [6.07, 6.45) is 2.67. The Labute approximate surface area is 154 Å². The van der Waals surface area contributed by atoms with Crippen LogP contribution in [-0.2, 0) is 17.8 Å². The number of imidazole rings is 1. The average molecular weight is 350 g/mol. The average Bonchev–Trinajstić information content (AvgIpc) is 3.15. The van der Waals surface area contributed by atoms with Crippen molar-refractivity contribution >= 4 is 16.8 Å². The van der Waals surface area contributed by atoms with Crippen LogP contribution in [0, 0.1) is 19.8 Å². The quantitative estimate of drug-likeness (QED) is 0.782. The summed E-state index contributed by atoms with van der Waals surface area (Å²) < 4.78 is 1.95. The molecule has 3 aromatic rings. The molecule has 0 spiro atoms. The van der Waals surface area contributed by atoms with E-state index < -0.39 is 0 Å². The van der Waals surface area contributed by atoms with Gasteiger partial charge in [0.2, 0.25) is 5.91 Å². The lowest BCUT2D eigenvalue weighted by atomic mass is 9.90. The monoisotopic (exact) mass is 350 g/mol. The van der Waals surface area contributed by atoms with Crippen molar-refractivity contribution in [2.24, 2.45) is 5.92 Å². The fourth-order valence-corrected chi connectivity index (χ4v) is 4.18. The fourth-order valence-electron chi connectivity index (χ4n) is 4.18. The second-order valence-electron chi connectivity index (χ2n) is 7.63. The first kappa shape index (κ1) is 16.9. The second kappa shape index (κ2) is 6.31. The van der Waals surface area contributed by atoms with E-state index in [1.807, 2.05) is 18.4 Å². The number of carbonyl (C=O) groups excluding carboxylic acids is 1. The smallest absolute Gasteiger partial charge is 0.243 e. The minimum Gasteiger partial charge on any atom is -0.356 e. The van der Waals surface area contributed by atoms with E-state index in [-0.39, 0.29) is 11.9 Å². The highest BCUT2D eigenvalue weighted by Gasteiger charge is 2.35. The maximum Gasteiger partial charge on any atom is 0.243 e. The molecule has 4 rings (SSSR count). The Kier molecular flexibility index (Phi) is 4.10. The highest BCUT2D eigenvalue weighted by atomic mass is 16.2. The third-order valence-corrected chi connectivity index (χ3v) is 5.68. The number of aryl methyl sites for hydroxylation is 1. The van der Waals surface area contributed by atoms with Gasteiger partial charge in [-0.3, -0.25) is 4.79 Å². The molecule has 1 atom stereocenters. The highest BCUT2D eigenvalue weighted by molar-refractivity contribution is 5.86. The van der Waals surface area contributed by atoms with Crippen LogP contribution < -0.4 is 0 Å². The van der Waals surface area contributed by atoms with E-state index in [9.17, 15) is 4.79 Å². The van der Waals surface area contributed by atoms with Gasteiger partial charge >= 0.3 is 0 Å². The van der Waals surface area contributed by atoms with Crippen LogP contribution in [0.5, 0.6) is 0 Å². The van der Waals surface area contributed by atoms with Gasteiger partial charge in [0.25, 0.3) is 0 Å². The highest BCUT2D eigenvalue weighted by Crippen LogP contribution is 2.38. The van der Waals surface area contributed by atoms with E-state index in [0.29, 0.717) is 12.5 Å². The zero-order chi connectivity index (χ0) is 18.4. The lowest BCUT2D eigenvalue weighted by molar-refractivity contribution is -0.136. The third-order valence-electron chi connectivity index (χ3n) is 5.68. The maximum absolute atomic E-state index is 13.1. The predicted molar refractivity (Wildman–Crippen MR) is 103 cm³/mol. The number of aromatic nitrogens is 3. The van der Waals surface area contributed by atoms with Gasteiger partial charge in [-0.2, -0.15) is 0 Å². The number of rotatable bonds is 3. The second-order valence-corrected chi connectivity index (χ2v) is 7.63. The Morgan fingerprint density at radius 3 is 2.77 bits per heavy atom. The number of nitrogens with one attached hydrogen (secondary N) is 1. The van der Waals surface area contributed by atoms with Crippen molar-refractivity contribution in [1.29, 1.82) is 0 Å². The Balaban J connectivity index is 1.68. The van der Waals surface area contributed by atoms with Gasteiger partial charge < -0.3 is 14.5 Å². The molecule has 5 heteroatoms. The standard InChI is InChI=1S/C21H26N4O/c1-13(2)21-20-17(16-7-5-6-8-18(16)23-20)9-10-25(21)19(26)11-24-12-22-14(3)15(24)4/h5-8,12-13,21,23H,9-11H2,1-4H3/t21-/m1/s1. The number of fused-ring (bicyclic) bond motifs is 3. The lowest BCUT2D eigenvalue weighted by Crippen LogP contribution is -2.43. The largest absolute Gasteiger partial charge is 0.356 e. The normalized spacial score (nSPS) is 17.1.